The van der Waals surface area contributed by atoms with Crippen LogP contribution in [0.15, 0.2) is 30.5 Å². The number of benzene rings is 1. The molecule has 0 spiro atoms. The zero-order chi connectivity index (χ0) is 26.7. The Labute approximate surface area is 217 Å². The lowest BCUT2D eigenvalue weighted by Crippen LogP contribution is -2.43. The second kappa shape index (κ2) is 11.3. The highest BCUT2D eigenvalue weighted by Crippen LogP contribution is 2.39. The van der Waals surface area contributed by atoms with Crippen molar-refractivity contribution in [1.82, 2.24) is 10.3 Å². The van der Waals surface area contributed by atoms with Gasteiger partial charge in [0.25, 0.3) is 11.8 Å². The number of aromatic nitrogens is 1. The summed E-state index contributed by atoms with van der Waals surface area (Å²) in [6, 6.07) is 6.31. The van der Waals surface area contributed by atoms with Crippen LogP contribution in [0.3, 0.4) is 0 Å². The minimum absolute atomic E-state index is 0.0198. The lowest BCUT2D eigenvalue weighted by molar-refractivity contribution is 0.0930. The number of Topliss-reactive ketones (excluding diaryl/α,β-unsaturated/α-hetero) is 1. The molecule has 2 fully saturated rings. The first kappa shape index (κ1) is 26.6. The highest BCUT2D eigenvalue weighted by Gasteiger charge is 2.41. The number of rotatable bonds is 9. The lowest BCUT2D eigenvalue weighted by Gasteiger charge is -2.38. The Morgan fingerprint density at radius 1 is 1.16 bits per heavy atom. The van der Waals surface area contributed by atoms with Crippen LogP contribution in [-0.2, 0) is 0 Å². The first-order valence-electron chi connectivity index (χ1n) is 13.2. The Bertz CT molecular complexity index is 1170. The van der Waals surface area contributed by atoms with E-state index in [2.05, 4.69) is 20.5 Å². The number of carbonyl (C=O) groups excluding carboxylic acids is 3. The summed E-state index contributed by atoms with van der Waals surface area (Å²) in [5.41, 5.74) is 6.36. The monoisotopic (exact) mass is 509 g/mol. The van der Waals surface area contributed by atoms with Crippen molar-refractivity contribution >= 4 is 29.1 Å². The summed E-state index contributed by atoms with van der Waals surface area (Å²) in [7, 11) is 0. The van der Waals surface area contributed by atoms with E-state index in [-0.39, 0.29) is 35.0 Å². The molecule has 8 nitrogen and oxygen atoms in total. The Morgan fingerprint density at radius 2 is 1.92 bits per heavy atom. The van der Waals surface area contributed by atoms with E-state index in [0.29, 0.717) is 17.2 Å². The van der Waals surface area contributed by atoms with Gasteiger partial charge in [0, 0.05) is 42.1 Å². The third-order valence-electron chi connectivity index (χ3n) is 7.78. The van der Waals surface area contributed by atoms with Gasteiger partial charge in [0.05, 0.1) is 11.1 Å². The summed E-state index contributed by atoms with van der Waals surface area (Å²) < 4.78 is 14.9. The van der Waals surface area contributed by atoms with Gasteiger partial charge in [0.1, 0.15) is 11.6 Å². The van der Waals surface area contributed by atoms with Gasteiger partial charge in [-0.2, -0.15) is 0 Å². The number of halogens is 1. The zero-order valence-electron chi connectivity index (χ0n) is 21.7. The van der Waals surface area contributed by atoms with E-state index in [1.54, 1.807) is 12.3 Å². The molecule has 0 radical (unpaired) electrons. The molecule has 1 saturated heterocycles. The molecule has 1 aliphatic carbocycles. The largest absolute Gasteiger partial charge is 0.382 e. The molecule has 2 heterocycles. The molecule has 1 aromatic carbocycles. The number of hydrogen-bond donors (Lipinski definition) is 3. The van der Waals surface area contributed by atoms with E-state index >= 15 is 0 Å². The average molecular weight is 510 g/mol. The maximum absolute atomic E-state index is 14.9. The molecular formula is C28H36FN5O3. The van der Waals surface area contributed by atoms with Crippen LogP contribution in [0.1, 0.15) is 90.4 Å². The fourth-order valence-electron chi connectivity index (χ4n) is 5.70. The van der Waals surface area contributed by atoms with Gasteiger partial charge in [-0.3, -0.25) is 14.4 Å². The summed E-state index contributed by atoms with van der Waals surface area (Å²) in [4.78, 5) is 43.5. The van der Waals surface area contributed by atoms with Crippen molar-refractivity contribution in [2.24, 2.45) is 11.7 Å². The van der Waals surface area contributed by atoms with E-state index in [1.807, 2.05) is 19.9 Å². The molecule has 1 aromatic heterocycles. The first-order chi connectivity index (χ1) is 17.7. The lowest BCUT2D eigenvalue weighted by atomic mass is 9.92. The number of nitrogens with one attached hydrogen (secondary N) is 2. The molecule has 4 rings (SSSR count). The number of anilines is 2. The van der Waals surface area contributed by atoms with Crippen LogP contribution in [0.4, 0.5) is 15.9 Å². The van der Waals surface area contributed by atoms with E-state index in [4.69, 9.17) is 5.73 Å². The van der Waals surface area contributed by atoms with Crippen molar-refractivity contribution in [2.75, 3.05) is 16.8 Å². The molecule has 37 heavy (non-hydrogen) atoms. The van der Waals surface area contributed by atoms with Gasteiger partial charge in [0.2, 0.25) is 0 Å². The number of ketones is 1. The number of nitrogens with two attached hydrogens (primary N) is 1. The van der Waals surface area contributed by atoms with Gasteiger partial charge in [-0.05, 0) is 75.6 Å². The molecule has 1 aliphatic heterocycles. The molecule has 2 amide bonds. The van der Waals surface area contributed by atoms with Crippen LogP contribution in [0.25, 0.3) is 0 Å². The second-order valence-electron chi connectivity index (χ2n) is 10.2. The Balaban J connectivity index is 1.50. The molecular weight excluding hydrogens is 473 g/mol. The van der Waals surface area contributed by atoms with Gasteiger partial charge < -0.3 is 21.3 Å². The zero-order valence-corrected chi connectivity index (χ0v) is 21.7. The molecule has 9 heteroatoms. The predicted octanol–water partition coefficient (Wildman–Crippen LogP) is 4.30. The van der Waals surface area contributed by atoms with Crippen molar-refractivity contribution in [1.29, 1.82) is 0 Å². The van der Waals surface area contributed by atoms with E-state index in [1.165, 1.54) is 13.0 Å². The van der Waals surface area contributed by atoms with Gasteiger partial charge in [-0.1, -0.05) is 13.8 Å². The van der Waals surface area contributed by atoms with E-state index < -0.39 is 17.6 Å². The number of piperidine rings is 1. The van der Waals surface area contributed by atoms with Gasteiger partial charge >= 0.3 is 0 Å². The van der Waals surface area contributed by atoms with Crippen LogP contribution in [0.2, 0.25) is 0 Å². The molecule has 4 N–H and O–H groups in total. The smallest absolute Gasteiger partial charge is 0.254 e. The van der Waals surface area contributed by atoms with Crippen molar-refractivity contribution < 1.29 is 18.8 Å². The fraction of sp³-hybridized carbons (Fsp3) is 0.500. The third kappa shape index (κ3) is 5.76. The van der Waals surface area contributed by atoms with Crippen LogP contribution >= 0.6 is 0 Å². The van der Waals surface area contributed by atoms with E-state index in [0.717, 1.165) is 57.0 Å². The number of carbonyl (C=O) groups is 3. The fourth-order valence-corrected chi connectivity index (χ4v) is 5.70. The highest BCUT2D eigenvalue weighted by molar-refractivity contribution is 6.02. The SMILES string of the molecule is CCC(CC)Nc1cc(C(=O)NC2CC3CCCN(c4ccc(C(C)=O)cn4)C3C2)c(F)cc1C(N)=O. The van der Waals surface area contributed by atoms with Crippen molar-refractivity contribution in [3.63, 3.8) is 0 Å². The number of hydrogen-bond acceptors (Lipinski definition) is 6. The summed E-state index contributed by atoms with van der Waals surface area (Å²) >= 11 is 0. The van der Waals surface area contributed by atoms with Gasteiger partial charge in [-0.15, -0.1) is 0 Å². The molecule has 2 aliphatic rings. The molecule has 3 unspecified atom stereocenters. The molecule has 3 atom stereocenters. The van der Waals surface area contributed by atoms with Crippen LogP contribution in [0, 0.1) is 11.7 Å². The minimum atomic E-state index is -0.770. The average Bonchev–Trinajstić information content (AvgIpc) is 3.30. The quantitative estimate of drug-likeness (QED) is 0.434. The summed E-state index contributed by atoms with van der Waals surface area (Å²) in [6.07, 6.45) is 6.84. The number of nitrogens with zero attached hydrogens (tertiary/aromatic N) is 2. The van der Waals surface area contributed by atoms with Crippen molar-refractivity contribution in [3.8, 4) is 0 Å². The predicted molar refractivity (Wildman–Crippen MR) is 141 cm³/mol. The minimum Gasteiger partial charge on any atom is -0.382 e. The summed E-state index contributed by atoms with van der Waals surface area (Å²) in [5, 5.41) is 6.27. The normalized spacial score (nSPS) is 21.0. The summed E-state index contributed by atoms with van der Waals surface area (Å²) in [6.45, 7) is 6.41. The number of fused-ring (bicyclic) bond motifs is 1. The number of pyridine rings is 1. The topological polar surface area (TPSA) is 117 Å². The van der Waals surface area contributed by atoms with Gasteiger partial charge in [-0.25, -0.2) is 9.37 Å². The standard InChI is InChI=1S/C28H36FN5O3/c1-4-19(5-2)32-24-14-21(23(29)13-22(24)27(30)36)28(37)33-20-11-17-7-6-10-34(25(17)12-20)26-9-8-18(15-31-26)16(3)35/h8-9,13-15,17,19-20,25,32H,4-7,10-12H2,1-3H3,(H2,30,36)(H,33,37). The molecule has 1 saturated carbocycles. The number of primary amides is 1. The Morgan fingerprint density at radius 3 is 2.54 bits per heavy atom. The van der Waals surface area contributed by atoms with Crippen LogP contribution in [-0.4, -0.2) is 47.3 Å². The van der Waals surface area contributed by atoms with Crippen molar-refractivity contribution in [3.05, 3.63) is 53.0 Å². The summed E-state index contributed by atoms with van der Waals surface area (Å²) in [5.74, 6) is -0.814. The third-order valence-corrected chi connectivity index (χ3v) is 7.78. The second-order valence-corrected chi connectivity index (χ2v) is 10.2. The number of amides is 2. The first-order valence-corrected chi connectivity index (χ1v) is 13.2. The Kier molecular flexibility index (Phi) is 8.10. The molecule has 198 valence electrons. The Hall–Kier alpha value is -3.49. The van der Waals surface area contributed by atoms with Gasteiger partial charge in [0.15, 0.2) is 5.78 Å². The molecule has 2 aromatic rings. The van der Waals surface area contributed by atoms with Crippen molar-refractivity contribution in [2.45, 2.75) is 77.4 Å². The van der Waals surface area contributed by atoms with Crippen LogP contribution < -0.4 is 21.3 Å². The van der Waals surface area contributed by atoms with Crippen LogP contribution in [0.5, 0.6) is 0 Å². The highest BCUT2D eigenvalue weighted by atomic mass is 19.1. The maximum Gasteiger partial charge on any atom is 0.254 e. The molecule has 0 bridgehead atoms. The van der Waals surface area contributed by atoms with E-state index in [9.17, 15) is 18.8 Å². The maximum atomic E-state index is 14.9.